The highest BCUT2D eigenvalue weighted by Crippen LogP contribution is 2.35. The summed E-state index contributed by atoms with van der Waals surface area (Å²) in [5.41, 5.74) is 7.02. The van der Waals surface area contributed by atoms with Crippen LogP contribution in [0.4, 0.5) is 0 Å². The molecule has 2 rings (SSSR count). The molecule has 0 amide bonds. The van der Waals surface area contributed by atoms with E-state index < -0.39 is 5.60 Å². The summed E-state index contributed by atoms with van der Waals surface area (Å²) in [6.45, 7) is 5.77. The zero-order valence-corrected chi connectivity index (χ0v) is 13.4. The molecule has 1 aliphatic heterocycles. The van der Waals surface area contributed by atoms with E-state index in [9.17, 15) is 5.11 Å². The van der Waals surface area contributed by atoms with Crippen LogP contribution in [0.15, 0.2) is 24.3 Å². The van der Waals surface area contributed by atoms with Crippen molar-refractivity contribution in [1.29, 1.82) is 0 Å². The topological polar surface area (TPSA) is 58.7 Å². The summed E-state index contributed by atoms with van der Waals surface area (Å²) in [5.74, 6) is 0.892. The van der Waals surface area contributed by atoms with Crippen molar-refractivity contribution in [3.05, 3.63) is 29.8 Å². The van der Waals surface area contributed by atoms with Crippen LogP contribution in [0.25, 0.3) is 0 Å². The van der Waals surface area contributed by atoms with Gasteiger partial charge in [0.25, 0.3) is 0 Å². The zero-order chi connectivity index (χ0) is 15.5. The van der Waals surface area contributed by atoms with Crippen LogP contribution in [-0.2, 0) is 0 Å². The van der Waals surface area contributed by atoms with Crippen molar-refractivity contribution in [2.45, 2.75) is 50.8 Å². The Bertz CT molecular complexity index is 452. The van der Waals surface area contributed by atoms with Crippen molar-refractivity contribution < 1.29 is 9.84 Å². The molecular weight excluding hydrogens is 264 g/mol. The minimum absolute atomic E-state index is 0.0596. The number of ether oxygens (including phenoxy) is 1. The first-order valence-electron chi connectivity index (χ1n) is 7.83. The Balaban J connectivity index is 2.27. The third-order valence-corrected chi connectivity index (χ3v) is 4.60. The van der Waals surface area contributed by atoms with Crippen molar-refractivity contribution >= 4 is 0 Å². The number of nitrogens with two attached hydrogens (primary N) is 1. The molecule has 3 N–H and O–H groups in total. The number of likely N-dealkylation sites (tertiary alicyclic amines) is 1. The van der Waals surface area contributed by atoms with Gasteiger partial charge in [-0.3, -0.25) is 4.90 Å². The van der Waals surface area contributed by atoms with Crippen molar-refractivity contribution in [2.24, 2.45) is 5.73 Å². The van der Waals surface area contributed by atoms with Crippen LogP contribution in [0.2, 0.25) is 0 Å². The van der Waals surface area contributed by atoms with Crippen LogP contribution in [0.1, 0.15) is 44.7 Å². The van der Waals surface area contributed by atoms with Crippen LogP contribution < -0.4 is 10.5 Å². The van der Waals surface area contributed by atoms with Crippen LogP contribution in [-0.4, -0.2) is 41.8 Å². The van der Waals surface area contributed by atoms with Gasteiger partial charge in [-0.2, -0.15) is 0 Å². The number of para-hydroxylation sites is 1. The molecule has 4 nitrogen and oxygen atoms in total. The van der Waals surface area contributed by atoms with Gasteiger partial charge in [-0.05, 0) is 32.3 Å². The molecular formula is C17H28N2O2. The fourth-order valence-electron chi connectivity index (χ4n) is 3.12. The Kier molecular flexibility index (Phi) is 5.25. The highest BCUT2D eigenvalue weighted by atomic mass is 16.5. The van der Waals surface area contributed by atoms with Crippen LogP contribution in [0.3, 0.4) is 0 Å². The first-order chi connectivity index (χ1) is 9.98. The Morgan fingerprint density at radius 1 is 1.33 bits per heavy atom. The standard InChI is InChI=1S/C17H28N2O2/c1-4-14(18)16(13-7-5-6-8-15(13)21-3)19-11-9-17(2,20)10-12-19/h5-8,14,16,20H,4,9-12,18H2,1-3H3. The number of hydrogen-bond donors (Lipinski definition) is 2. The van der Waals surface area contributed by atoms with Gasteiger partial charge in [0, 0.05) is 24.7 Å². The van der Waals surface area contributed by atoms with E-state index in [-0.39, 0.29) is 12.1 Å². The minimum Gasteiger partial charge on any atom is -0.496 e. The van der Waals surface area contributed by atoms with Crippen LogP contribution in [0, 0.1) is 0 Å². The van der Waals surface area contributed by atoms with Gasteiger partial charge in [0.2, 0.25) is 0 Å². The van der Waals surface area contributed by atoms with Gasteiger partial charge < -0.3 is 15.6 Å². The van der Waals surface area contributed by atoms with E-state index in [1.807, 2.05) is 25.1 Å². The normalized spacial score (nSPS) is 21.8. The van der Waals surface area contributed by atoms with E-state index in [0.29, 0.717) is 0 Å². The molecule has 4 heteroatoms. The lowest BCUT2D eigenvalue weighted by Gasteiger charge is -2.42. The molecule has 118 valence electrons. The molecule has 1 heterocycles. The average Bonchev–Trinajstić information content (AvgIpc) is 2.49. The second-order valence-corrected chi connectivity index (χ2v) is 6.29. The number of aliphatic hydroxyl groups is 1. The van der Waals surface area contributed by atoms with Gasteiger partial charge >= 0.3 is 0 Å². The van der Waals surface area contributed by atoms with E-state index in [4.69, 9.17) is 10.5 Å². The number of methoxy groups -OCH3 is 1. The maximum atomic E-state index is 10.2. The molecule has 0 aromatic heterocycles. The number of piperidine rings is 1. The Hall–Kier alpha value is -1.10. The fourth-order valence-corrected chi connectivity index (χ4v) is 3.12. The molecule has 1 aromatic rings. The van der Waals surface area contributed by atoms with Crippen LogP contribution in [0.5, 0.6) is 5.75 Å². The van der Waals surface area contributed by atoms with E-state index in [1.165, 1.54) is 0 Å². The lowest BCUT2D eigenvalue weighted by atomic mass is 9.89. The van der Waals surface area contributed by atoms with E-state index >= 15 is 0 Å². The Labute approximate surface area is 127 Å². The molecule has 1 aliphatic rings. The zero-order valence-electron chi connectivity index (χ0n) is 13.4. The maximum absolute atomic E-state index is 10.2. The SMILES string of the molecule is CCC(N)C(c1ccccc1OC)N1CCC(C)(O)CC1. The summed E-state index contributed by atoms with van der Waals surface area (Å²) in [5, 5.41) is 10.2. The van der Waals surface area contributed by atoms with Gasteiger partial charge in [-0.15, -0.1) is 0 Å². The largest absolute Gasteiger partial charge is 0.496 e. The van der Waals surface area contributed by atoms with E-state index in [2.05, 4.69) is 17.9 Å². The quantitative estimate of drug-likeness (QED) is 0.874. The molecule has 21 heavy (non-hydrogen) atoms. The van der Waals surface area contributed by atoms with Gasteiger partial charge in [0.1, 0.15) is 5.75 Å². The Morgan fingerprint density at radius 2 is 1.95 bits per heavy atom. The third kappa shape index (κ3) is 3.76. The van der Waals surface area contributed by atoms with Crippen LogP contribution >= 0.6 is 0 Å². The number of benzene rings is 1. The highest BCUT2D eigenvalue weighted by molar-refractivity contribution is 5.37. The first kappa shape index (κ1) is 16.3. The molecule has 0 bridgehead atoms. The van der Waals surface area contributed by atoms with E-state index in [1.54, 1.807) is 7.11 Å². The predicted octanol–water partition coefficient (Wildman–Crippen LogP) is 2.32. The number of rotatable bonds is 5. The van der Waals surface area contributed by atoms with Crippen molar-refractivity contribution in [3.63, 3.8) is 0 Å². The summed E-state index contributed by atoms with van der Waals surface area (Å²) in [7, 11) is 1.70. The number of nitrogens with zero attached hydrogens (tertiary/aromatic N) is 1. The molecule has 0 spiro atoms. The molecule has 0 aliphatic carbocycles. The second-order valence-electron chi connectivity index (χ2n) is 6.29. The summed E-state index contributed by atoms with van der Waals surface area (Å²) in [6.07, 6.45) is 2.49. The molecule has 1 aromatic carbocycles. The van der Waals surface area contributed by atoms with Gasteiger partial charge in [0.05, 0.1) is 18.8 Å². The Morgan fingerprint density at radius 3 is 2.52 bits per heavy atom. The molecule has 0 radical (unpaired) electrons. The van der Waals surface area contributed by atoms with E-state index in [0.717, 1.165) is 43.7 Å². The molecule has 2 atom stereocenters. The van der Waals surface area contributed by atoms with Crippen molar-refractivity contribution in [3.8, 4) is 5.75 Å². The molecule has 2 unspecified atom stereocenters. The second kappa shape index (κ2) is 6.77. The third-order valence-electron chi connectivity index (χ3n) is 4.60. The monoisotopic (exact) mass is 292 g/mol. The fraction of sp³-hybridized carbons (Fsp3) is 0.647. The minimum atomic E-state index is -0.544. The highest BCUT2D eigenvalue weighted by Gasteiger charge is 2.34. The van der Waals surface area contributed by atoms with Crippen molar-refractivity contribution in [1.82, 2.24) is 4.90 Å². The number of hydrogen-bond acceptors (Lipinski definition) is 4. The molecule has 1 fully saturated rings. The average molecular weight is 292 g/mol. The summed E-state index contributed by atoms with van der Waals surface area (Å²) >= 11 is 0. The lowest BCUT2D eigenvalue weighted by Crippen LogP contribution is -2.48. The summed E-state index contributed by atoms with van der Waals surface area (Å²) in [4.78, 5) is 2.39. The molecule has 1 saturated heterocycles. The van der Waals surface area contributed by atoms with Crippen molar-refractivity contribution in [2.75, 3.05) is 20.2 Å². The summed E-state index contributed by atoms with van der Waals surface area (Å²) < 4.78 is 5.52. The molecule has 0 saturated carbocycles. The van der Waals surface area contributed by atoms with Gasteiger partial charge in [-0.25, -0.2) is 0 Å². The van der Waals surface area contributed by atoms with Gasteiger partial charge in [-0.1, -0.05) is 25.1 Å². The maximum Gasteiger partial charge on any atom is 0.123 e. The summed E-state index contributed by atoms with van der Waals surface area (Å²) in [6, 6.07) is 8.31. The first-order valence-corrected chi connectivity index (χ1v) is 7.83. The lowest BCUT2D eigenvalue weighted by molar-refractivity contribution is -0.0204. The van der Waals surface area contributed by atoms with Gasteiger partial charge in [0.15, 0.2) is 0 Å². The predicted molar refractivity (Wildman–Crippen MR) is 85.4 cm³/mol. The smallest absolute Gasteiger partial charge is 0.123 e.